The number of rotatable bonds is 0. The van der Waals surface area contributed by atoms with Gasteiger partial charge >= 0.3 is 0 Å². The van der Waals surface area contributed by atoms with E-state index in [0.29, 0.717) is 17.5 Å². The van der Waals surface area contributed by atoms with Crippen LogP contribution in [0.1, 0.15) is 18.5 Å². The Labute approximate surface area is 82.6 Å². The molecule has 2 unspecified atom stereocenters. The number of hydrogen-bond acceptors (Lipinski definition) is 2. The minimum Gasteiger partial charge on any atom is -0.493 e. The number of nitrogens with two attached hydrogens (primary N) is 1. The molecule has 0 radical (unpaired) electrons. The summed E-state index contributed by atoms with van der Waals surface area (Å²) < 4.78 is 5.52. The number of halogens is 1. The molecule has 0 aromatic heterocycles. The fraction of sp³-hybridized carbons (Fsp3) is 0.400. The zero-order valence-corrected chi connectivity index (χ0v) is 8.21. The highest BCUT2D eigenvalue weighted by Gasteiger charge is 2.24. The third kappa shape index (κ3) is 1.52. The lowest BCUT2D eigenvalue weighted by molar-refractivity contribution is 0.207. The smallest absolute Gasteiger partial charge is 0.125 e. The van der Waals surface area contributed by atoms with E-state index in [1.807, 2.05) is 18.2 Å². The molecular weight excluding hydrogens is 186 g/mol. The summed E-state index contributed by atoms with van der Waals surface area (Å²) in [6.45, 7) is 2.76. The number of benzene rings is 1. The minimum atomic E-state index is 0.0704. The highest BCUT2D eigenvalue weighted by molar-refractivity contribution is 6.30. The number of hydrogen-bond donors (Lipinski definition) is 1. The summed E-state index contributed by atoms with van der Waals surface area (Å²) in [7, 11) is 0. The van der Waals surface area contributed by atoms with Crippen LogP contribution in [0.15, 0.2) is 18.2 Å². The molecule has 13 heavy (non-hydrogen) atoms. The Bertz CT molecular complexity index is 327. The van der Waals surface area contributed by atoms with Crippen molar-refractivity contribution < 1.29 is 4.74 Å². The number of ether oxygens (including phenoxy) is 1. The van der Waals surface area contributed by atoms with Crippen LogP contribution in [-0.4, -0.2) is 6.61 Å². The molecule has 0 bridgehead atoms. The Morgan fingerprint density at radius 1 is 1.54 bits per heavy atom. The minimum absolute atomic E-state index is 0.0704. The third-order valence-corrected chi connectivity index (χ3v) is 2.68. The second kappa shape index (κ2) is 3.20. The maximum Gasteiger partial charge on any atom is 0.125 e. The predicted molar refractivity (Wildman–Crippen MR) is 53.0 cm³/mol. The summed E-state index contributed by atoms with van der Waals surface area (Å²) in [5, 5.41) is 0.695. The first-order chi connectivity index (χ1) is 6.18. The molecule has 2 N–H and O–H groups in total. The molecular formula is C10H12ClNO. The molecule has 0 fully saturated rings. The van der Waals surface area contributed by atoms with E-state index >= 15 is 0 Å². The second-order valence-corrected chi connectivity index (χ2v) is 3.93. The molecule has 0 spiro atoms. The van der Waals surface area contributed by atoms with Crippen LogP contribution in [0.2, 0.25) is 5.02 Å². The summed E-state index contributed by atoms with van der Waals surface area (Å²) in [4.78, 5) is 0. The lowest BCUT2D eigenvalue weighted by Gasteiger charge is -2.28. The molecule has 1 aromatic carbocycles. The predicted octanol–water partition coefficient (Wildman–Crippen LogP) is 2.37. The SMILES string of the molecule is CC1COc2cc(Cl)ccc2C1N. The van der Waals surface area contributed by atoms with E-state index in [4.69, 9.17) is 22.1 Å². The monoisotopic (exact) mass is 197 g/mol. The van der Waals surface area contributed by atoms with E-state index in [1.165, 1.54) is 0 Å². The molecule has 0 saturated carbocycles. The standard InChI is InChI=1S/C10H12ClNO/c1-6-5-13-9-4-7(11)2-3-8(9)10(6)12/h2-4,6,10H,5,12H2,1H3. The van der Waals surface area contributed by atoms with Gasteiger partial charge in [-0.2, -0.15) is 0 Å². The molecule has 0 aliphatic carbocycles. The molecule has 0 saturated heterocycles. The molecule has 70 valence electrons. The highest BCUT2D eigenvalue weighted by Crippen LogP contribution is 2.35. The van der Waals surface area contributed by atoms with Crippen LogP contribution in [0.3, 0.4) is 0 Å². The zero-order chi connectivity index (χ0) is 9.42. The van der Waals surface area contributed by atoms with Gasteiger partial charge in [-0.15, -0.1) is 0 Å². The molecule has 1 aromatic rings. The average Bonchev–Trinajstić information content (AvgIpc) is 2.12. The first-order valence-corrected chi connectivity index (χ1v) is 4.74. The van der Waals surface area contributed by atoms with Crippen molar-refractivity contribution in [1.82, 2.24) is 0 Å². The van der Waals surface area contributed by atoms with Crippen LogP contribution in [0, 0.1) is 5.92 Å². The van der Waals surface area contributed by atoms with Gasteiger partial charge in [-0.1, -0.05) is 24.6 Å². The zero-order valence-electron chi connectivity index (χ0n) is 7.46. The van der Waals surface area contributed by atoms with Gasteiger partial charge in [0.1, 0.15) is 5.75 Å². The van der Waals surface area contributed by atoms with Crippen LogP contribution < -0.4 is 10.5 Å². The van der Waals surface area contributed by atoms with E-state index in [9.17, 15) is 0 Å². The Morgan fingerprint density at radius 2 is 2.31 bits per heavy atom. The fourth-order valence-corrected chi connectivity index (χ4v) is 1.70. The first-order valence-electron chi connectivity index (χ1n) is 4.36. The van der Waals surface area contributed by atoms with Crippen LogP contribution in [0.4, 0.5) is 0 Å². The Hall–Kier alpha value is -0.730. The molecule has 1 aliphatic heterocycles. The summed E-state index contributed by atoms with van der Waals surface area (Å²) in [5.41, 5.74) is 7.08. The Morgan fingerprint density at radius 3 is 3.08 bits per heavy atom. The van der Waals surface area contributed by atoms with E-state index < -0.39 is 0 Å². The van der Waals surface area contributed by atoms with E-state index in [0.717, 1.165) is 11.3 Å². The quantitative estimate of drug-likeness (QED) is 0.693. The van der Waals surface area contributed by atoms with Crippen molar-refractivity contribution in [2.45, 2.75) is 13.0 Å². The normalized spacial score (nSPS) is 26.4. The molecule has 1 heterocycles. The van der Waals surface area contributed by atoms with Crippen molar-refractivity contribution in [2.75, 3.05) is 6.61 Å². The van der Waals surface area contributed by atoms with Gasteiger partial charge in [-0.05, 0) is 12.1 Å². The topological polar surface area (TPSA) is 35.2 Å². The van der Waals surface area contributed by atoms with Gasteiger partial charge < -0.3 is 10.5 Å². The van der Waals surface area contributed by atoms with Crippen molar-refractivity contribution in [3.8, 4) is 5.75 Å². The number of fused-ring (bicyclic) bond motifs is 1. The maximum absolute atomic E-state index is 6.02. The van der Waals surface area contributed by atoms with E-state index in [2.05, 4.69) is 6.92 Å². The molecule has 1 aliphatic rings. The third-order valence-electron chi connectivity index (χ3n) is 2.45. The molecule has 0 amide bonds. The first kappa shape index (κ1) is 8.85. The van der Waals surface area contributed by atoms with Crippen molar-refractivity contribution in [3.63, 3.8) is 0 Å². The molecule has 3 heteroatoms. The largest absolute Gasteiger partial charge is 0.493 e. The van der Waals surface area contributed by atoms with Gasteiger partial charge in [0, 0.05) is 22.5 Å². The van der Waals surface area contributed by atoms with Crippen LogP contribution in [-0.2, 0) is 0 Å². The van der Waals surface area contributed by atoms with Crippen LogP contribution >= 0.6 is 11.6 Å². The van der Waals surface area contributed by atoms with Crippen molar-refractivity contribution in [3.05, 3.63) is 28.8 Å². The van der Waals surface area contributed by atoms with E-state index in [1.54, 1.807) is 0 Å². The molecule has 2 rings (SSSR count). The van der Waals surface area contributed by atoms with Crippen LogP contribution in [0.25, 0.3) is 0 Å². The van der Waals surface area contributed by atoms with Gasteiger partial charge in [-0.3, -0.25) is 0 Å². The lowest BCUT2D eigenvalue weighted by Crippen LogP contribution is -2.29. The molecule has 2 atom stereocenters. The van der Waals surface area contributed by atoms with E-state index in [-0.39, 0.29) is 6.04 Å². The van der Waals surface area contributed by atoms with Crippen molar-refractivity contribution in [2.24, 2.45) is 11.7 Å². The average molecular weight is 198 g/mol. The van der Waals surface area contributed by atoms with Crippen LogP contribution in [0.5, 0.6) is 5.75 Å². The van der Waals surface area contributed by atoms with Crippen molar-refractivity contribution in [1.29, 1.82) is 0 Å². The van der Waals surface area contributed by atoms with Gasteiger partial charge in [0.25, 0.3) is 0 Å². The van der Waals surface area contributed by atoms with Gasteiger partial charge in [0.2, 0.25) is 0 Å². The Balaban J connectivity index is 2.44. The summed E-state index contributed by atoms with van der Waals surface area (Å²) in [5.74, 6) is 1.20. The summed E-state index contributed by atoms with van der Waals surface area (Å²) in [6, 6.07) is 5.68. The fourth-order valence-electron chi connectivity index (χ4n) is 1.54. The van der Waals surface area contributed by atoms with Gasteiger partial charge in [-0.25, -0.2) is 0 Å². The maximum atomic E-state index is 6.02. The molecule has 2 nitrogen and oxygen atoms in total. The highest BCUT2D eigenvalue weighted by atomic mass is 35.5. The van der Waals surface area contributed by atoms with Gasteiger partial charge in [0.15, 0.2) is 0 Å². The van der Waals surface area contributed by atoms with Gasteiger partial charge in [0.05, 0.1) is 6.61 Å². The lowest BCUT2D eigenvalue weighted by atomic mass is 9.93. The Kier molecular flexibility index (Phi) is 2.18. The summed E-state index contributed by atoms with van der Waals surface area (Å²) >= 11 is 5.84. The van der Waals surface area contributed by atoms with Crippen molar-refractivity contribution >= 4 is 11.6 Å². The summed E-state index contributed by atoms with van der Waals surface area (Å²) in [6.07, 6.45) is 0. The second-order valence-electron chi connectivity index (χ2n) is 3.50.